The predicted molar refractivity (Wildman–Crippen MR) is 60.6 cm³/mol. The Bertz CT molecular complexity index is 291. The highest BCUT2D eigenvalue weighted by Crippen LogP contribution is 2.15. The molecule has 1 atom stereocenters. The summed E-state index contributed by atoms with van der Waals surface area (Å²) < 4.78 is 5.29. The third-order valence-corrected chi connectivity index (χ3v) is 2.32. The Morgan fingerprint density at radius 1 is 1.56 bits per heavy atom. The van der Waals surface area contributed by atoms with Crippen molar-refractivity contribution in [3.8, 4) is 0 Å². The summed E-state index contributed by atoms with van der Waals surface area (Å²) in [5, 5.41) is 0. The van der Waals surface area contributed by atoms with Gasteiger partial charge in [-0.05, 0) is 33.6 Å². The first-order valence-electron chi connectivity index (χ1n) is 5.52. The molecule has 1 saturated heterocycles. The molecule has 0 aliphatic carbocycles. The SMILES string of the molecule is [C-]#[N+]N[C@@H]1CCCN(C(=O)OC(C)(C)C)C1. The number of hydrogen-bond acceptors (Lipinski definition) is 3. The molecule has 5 nitrogen and oxygen atoms in total. The lowest BCUT2D eigenvalue weighted by atomic mass is 10.1. The number of nitrogens with zero attached hydrogens (tertiary/aromatic N) is 2. The lowest BCUT2D eigenvalue weighted by Gasteiger charge is -2.32. The van der Waals surface area contributed by atoms with Crippen LogP contribution in [0.15, 0.2) is 0 Å². The summed E-state index contributed by atoms with van der Waals surface area (Å²) in [6.07, 6.45) is 1.55. The highest BCUT2D eigenvalue weighted by atomic mass is 16.6. The zero-order valence-corrected chi connectivity index (χ0v) is 10.1. The van der Waals surface area contributed by atoms with Crippen LogP contribution in [0, 0.1) is 6.57 Å². The lowest BCUT2D eigenvalue weighted by Crippen LogP contribution is -2.47. The van der Waals surface area contributed by atoms with Gasteiger partial charge < -0.3 is 9.64 Å². The van der Waals surface area contributed by atoms with Crippen molar-refractivity contribution in [1.29, 1.82) is 0 Å². The first kappa shape index (κ1) is 12.6. The molecule has 0 aromatic heterocycles. The number of piperidine rings is 1. The quantitative estimate of drug-likeness (QED) is 0.547. The van der Waals surface area contributed by atoms with Crippen molar-refractivity contribution < 1.29 is 9.53 Å². The number of rotatable bonds is 1. The van der Waals surface area contributed by atoms with Gasteiger partial charge in [0.05, 0.1) is 6.54 Å². The van der Waals surface area contributed by atoms with Crippen molar-refractivity contribution in [2.24, 2.45) is 0 Å². The molecule has 0 unspecified atom stereocenters. The molecular weight excluding hydrogens is 206 g/mol. The first-order chi connectivity index (χ1) is 7.42. The van der Waals surface area contributed by atoms with Crippen LogP contribution in [-0.2, 0) is 4.74 Å². The molecule has 1 aliphatic rings. The van der Waals surface area contributed by atoms with Crippen molar-refractivity contribution >= 4 is 6.09 Å². The molecule has 1 rings (SSSR count). The molecule has 1 fully saturated rings. The number of hydrogen-bond donors (Lipinski definition) is 1. The molecule has 90 valence electrons. The summed E-state index contributed by atoms with van der Waals surface area (Å²) in [5.41, 5.74) is 2.21. The van der Waals surface area contributed by atoms with Gasteiger partial charge in [-0.3, -0.25) is 0 Å². The smallest absolute Gasteiger partial charge is 0.410 e. The standard InChI is InChI=1S/C11H19N3O2/c1-11(2,3)16-10(15)14-7-5-6-9(8-14)13-12-4/h9,13H,5-8H2,1-3H3/t9-/m1/s1. The minimum Gasteiger partial charge on any atom is -0.444 e. The Morgan fingerprint density at radius 2 is 2.25 bits per heavy atom. The molecule has 0 bridgehead atoms. The van der Waals surface area contributed by atoms with E-state index in [1.54, 1.807) is 4.90 Å². The molecule has 0 aromatic carbocycles. The molecule has 0 spiro atoms. The summed E-state index contributed by atoms with van der Waals surface area (Å²) in [4.78, 5) is 16.6. The highest BCUT2D eigenvalue weighted by molar-refractivity contribution is 5.68. The van der Waals surface area contributed by atoms with Gasteiger partial charge in [0, 0.05) is 6.54 Å². The molecular formula is C11H19N3O2. The second-order valence-corrected chi connectivity index (χ2v) is 5.01. The summed E-state index contributed by atoms with van der Waals surface area (Å²) >= 11 is 0. The molecule has 1 amide bonds. The summed E-state index contributed by atoms with van der Waals surface area (Å²) in [6, 6.07) is 0.0683. The fourth-order valence-corrected chi connectivity index (χ4v) is 1.67. The van der Waals surface area contributed by atoms with E-state index in [2.05, 4.69) is 10.4 Å². The van der Waals surface area contributed by atoms with E-state index in [0.29, 0.717) is 13.1 Å². The number of ether oxygens (including phenoxy) is 1. The average Bonchev–Trinajstić information content (AvgIpc) is 2.16. The molecule has 1 N–H and O–H groups in total. The van der Waals surface area contributed by atoms with Gasteiger partial charge in [0.15, 0.2) is 0 Å². The van der Waals surface area contributed by atoms with Crippen LogP contribution in [0.2, 0.25) is 0 Å². The van der Waals surface area contributed by atoms with Crippen LogP contribution in [0.1, 0.15) is 33.6 Å². The van der Waals surface area contributed by atoms with Gasteiger partial charge in [0.2, 0.25) is 0 Å². The third-order valence-electron chi connectivity index (χ3n) is 2.32. The number of carbonyl (C=O) groups is 1. The summed E-state index contributed by atoms with van der Waals surface area (Å²) in [6.45, 7) is 13.6. The van der Waals surface area contributed by atoms with E-state index in [0.717, 1.165) is 12.8 Å². The van der Waals surface area contributed by atoms with Gasteiger partial charge in [-0.25, -0.2) is 4.79 Å². The maximum atomic E-state index is 11.8. The van der Waals surface area contributed by atoms with Gasteiger partial charge in [-0.1, -0.05) is 0 Å². The van der Waals surface area contributed by atoms with Crippen molar-refractivity contribution in [3.63, 3.8) is 0 Å². The summed E-state index contributed by atoms with van der Waals surface area (Å²) in [5.74, 6) is 0. The van der Waals surface area contributed by atoms with E-state index in [9.17, 15) is 4.79 Å². The zero-order chi connectivity index (χ0) is 12.2. The number of likely N-dealkylation sites (tertiary alicyclic amines) is 1. The lowest BCUT2D eigenvalue weighted by molar-refractivity contribution is 0.0192. The van der Waals surface area contributed by atoms with Crippen LogP contribution in [-0.4, -0.2) is 35.7 Å². The number of carbonyl (C=O) groups excluding carboxylic acids is 1. The van der Waals surface area contributed by atoms with Crippen molar-refractivity contribution in [2.45, 2.75) is 45.3 Å². The van der Waals surface area contributed by atoms with Crippen LogP contribution in [0.3, 0.4) is 0 Å². The monoisotopic (exact) mass is 225 g/mol. The maximum absolute atomic E-state index is 11.8. The second kappa shape index (κ2) is 5.06. The largest absolute Gasteiger partial charge is 0.444 e. The molecule has 1 heterocycles. The summed E-state index contributed by atoms with van der Waals surface area (Å²) in [7, 11) is 0. The Balaban J connectivity index is 2.48. The van der Waals surface area contributed by atoms with Crippen molar-refractivity contribution in [2.75, 3.05) is 13.1 Å². The molecule has 0 radical (unpaired) electrons. The Labute approximate surface area is 96.5 Å². The minimum atomic E-state index is -0.461. The van der Waals surface area contributed by atoms with E-state index < -0.39 is 5.60 Å². The fraction of sp³-hybridized carbons (Fsp3) is 0.818. The van der Waals surface area contributed by atoms with Crippen LogP contribution in [0.4, 0.5) is 4.79 Å². The normalized spacial score (nSPS) is 21.1. The molecule has 0 aromatic rings. The van der Waals surface area contributed by atoms with Crippen molar-refractivity contribution in [3.05, 3.63) is 11.5 Å². The van der Waals surface area contributed by atoms with Gasteiger partial charge in [0.25, 0.3) is 0 Å². The van der Waals surface area contributed by atoms with E-state index in [4.69, 9.17) is 11.3 Å². The Kier molecular flexibility index (Phi) is 3.99. The molecule has 0 saturated carbocycles. The number of amides is 1. The van der Waals surface area contributed by atoms with Gasteiger partial charge >= 0.3 is 6.09 Å². The fourth-order valence-electron chi connectivity index (χ4n) is 1.67. The number of nitrogens with one attached hydrogen (secondary N) is 1. The van der Waals surface area contributed by atoms with Crippen LogP contribution in [0.25, 0.3) is 4.95 Å². The third kappa shape index (κ3) is 3.97. The van der Waals surface area contributed by atoms with Crippen molar-refractivity contribution in [1.82, 2.24) is 10.3 Å². The predicted octanol–water partition coefficient (Wildman–Crippen LogP) is 1.81. The minimum absolute atomic E-state index is 0.0683. The van der Waals surface area contributed by atoms with Crippen LogP contribution >= 0.6 is 0 Å². The Hall–Kier alpha value is -1.44. The molecule has 16 heavy (non-hydrogen) atoms. The van der Waals surface area contributed by atoms with E-state index in [1.165, 1.54) is 0 Å². The van der Waals surface area contributed by atoms with Gasteiger partial charge in [0.1, 0.15) is 11.6 Å². The van der Waals surface area contributed by atoms with E-state index in [1.807, 2.05) is 20.8 Å². The van der Waals surface area contributed by atoms with E-state index >= 15 is 0 Å². The van der Waals surface area contributed by atoms with Gasteiger partial charge in [-0.15, -0.1) is 5.43 Å². The maximum Gasteiger partial charge on any atom is 0.410 e. The topological polar surface area (TPSA) is 45.9 Å². The van der Waals surface area contributed by atoms with Gasteiger partial charge in [-0.2, -0.15) is 11.5 Å². The highest BCUT2D eigenvalue weighted by Gasteiger charge is 2.28. The van der Waals surface area contributed by atoms with E-state index in [-0.39, 0.29) is 12.1 Å². The molecule has 5 heteroatoms. The average molecular weight is 225 g/mol. The van der Waals surface area contributed by atoms with Crippen LogP contribution in [0.5, 0.6) is 0 Å². The van der Waals surface area contributed by atoms with Crippen LogP contribution < -0.4 is 5.43 Å². The zero-order valence-electron chi connectivity index (χ0n) is 10.1. The Morgan fingerprint density at radius 3 is 2.81 bits per heavy atom. The molecule has 1 aliphatic heterocycles. The first-order valence-corrected chi connectivity index (χ1v) is 5.52. The second-order valence-electron chi connectivity index (χ2n) is 5.01.